The summed E-state index contributed by atoms with van der Waals surface area (Å²) in [6.45, 7) is 8.57. The molecule has 21 heavy (non-hydrogen) atoms. The number of nitrogens with zero attached hydrogens (tertiary/aromatic N) is 1. The normalized spacial score (nSPS) is 28.0. The fourth-order valence-electron chi connectivity index (χ4n) is 4.17. The molecule has 0 amide bonds. The van der Waals surface area contributed by atoms with Gasteiger partial charge in [-0.2, -0.15) is 0 Å². The lowest BCUT2D eigenvalue weighted by Crippen LogP contribution is -2.50. The summed E-state index contributed by atoms with van der Waals surface area (Å²) in [5.41, 5.74) is 4.27. The van der Waals surface area contributed by atoms with Crippen molar-refractivity contribution < 1.29 is 9.47 Å². The van der Waals surface area contributed by atoms with E-state index in [0.717, 1.165) is 31.9 Å². The first-order valence-corrected chi connectivity index (χ1v) is 8.36. The molecule has 1 aromatic carbocycles. The fraction of sp³-hybridized carbons (Fsp3) is 0.667. The number of ether oxygens (including phenoxy) is 2. The molecule has 114 valence electrons. The fourth-order valence-corrected chi connectivity index (χ4v) is 4.17. The van der Waals surface area contributed by atoms with E-state index in [1.807, 2.05) is 0 Å². The van der Waals surface area contributed by atoms with Crippen LogP contribution >= 0.6 is 0 Å². The zero-order valence-electron chi connectivity index (χ0n) is 13.1. The van der Waals surface area contributed by atoms with Gasteiger partial charge in [0.25, 0.3) is 0 Å². The maximum atomic E-state index is 6.18. The third kappa shape index (κ3) is 2.36. The van der Waals surface area contributed by atoms with Gasteiger partial charge >= 0.3 is 0 Å². The third-order valence-electron chi connectivity index (χ3n) is 5.06. The molecule has 3 nitrogen and oxygen atoms in total. The Morgan fingerprint density at radius 3 is 2.95 bits per heavy atom. The minimum Gasteiger partial charge on any atom is -0.493 e. The minimum atomic E-state index is 0.246. The standard InChI is InChI=1S/C18H25NO2/c1-12(2)11-19-6-8-21-18-15-10-17-14(5-7-20-17)9-13(15)3-4-16(18)19/h9-10,12,16,18H,3-8,11H2,1-2H3/t16-,18-/m1/s1. The molecule has 1 saturated heterocycles. The summed E-state index contributed by atoms with van der Waals surface area (Å²) in [7, 11) is 0. The molecular formula is C18H25NO2. The van der Waals surface area contributed by atoms with Crippen molar-refractivity contribution in [2.75, 3.05) is 26.3 Å². The number of fused-ring (bicyclic) bond motifs is 4. The molecule has 0 saturated carbocycles. The van der Waals surface area contributed by atoms with E-state index >= 15 is 0 Å². The zero-order valence-corrected chi connectivity index (χ0v) is 13.1. The smallest absolute Gasteiger partial charge is 0.123 e. The molecule has 1 fully saturated rings. The molecule has 2 atom stereocenters. The van der Waals surface area contributed by atoms with Crippen LogP contribution < -0.4 is 4.74 Å². The van der Waals surface area contributed by atoms with Crippen molar-refractivity contribution in [1.29, 1.82) is 0 Å². The highest BCUT2D eigenvalue weighted by Gasteiger charge is 2.38. The summed E-state index contributed by atoms with van der Waals surface area (Å²) in [5.74, 6) is 1.81. The van der Waals surface area contributed by atoms with Crippen molar-refractivity contribution in [3.05, 3.63) is 28.8 Å². The van der Waals surface area contributed by atoms with Crippen LogP contribution in [-0.4, -0.2) is 37.2 Å². The van der Waals surface area contributed by atoms with E-state index in [2.05, 4.69) is 30.9 Å². The predicted molar refractivity (Wildman–Crippen MR) is 82.9 cm³/mol. The number of rotatable bonds is 2. The van der Waals surface area contributed by atoms with Gasteiger partial charge in [0.05, 0.1) is 19.3 Å². The molecule has 0 aromatic heterocycles. The number of morpholine rings is 1. The molecule has 0 unspecified atom stereocenters. The topological polar surface area (TPSA) is 21.7 Å². The van der Waals surface area contributed by atoms with Crippen LogP contribution in [0.25, 0.3) is 0 Å². The maximum absolute atomic E-state index is 6.18. The SMILES string of the molecule is CC(C)CN1CCO[C@@H]2c3cc4c(cc3CC[C@H]21)CCO4. The first kappa shape index (κ1) is 13.6. The molecule has 1 aliphatic carbocycles. The van der Waals surface area contributed by atoms with Crippen molar-refractivity contribution >= 4 is 0 Å². The van der Waals surface area contributed by atoms with E-state index in [-0.39, 0.29) is 6.10 Å². The average molecular weight is 287 g/mol. The highest BCUT2D eigenvalue weighted by atomic mass is 16.5. The van der Waals surface area contributed by atoms with Gasteiger partial charge in [0, 0.05) is 25.6 Å². The van der Waals surface area contributed by atoms with Crippen molar-refractivity contribution in [3.63, 3.8) is 0 Å². The average Bonchev–Trinajstić information content (AvgIpc) is 2.91. The van der Waals surface area contributed by atoms with E-state index in [1.54, 1.807) is 0 Å². The lowest BCUT2D eigenvalue weighted by Gasteiger charge is -2.45. The zero-order chi connectivity index (χ0) is 14.4. The summed E-state index contributed by atoms with van der Waals surface area (Å²) >= 11 is 0. The van der Waals surface area contributed by atoms with Crippen LogP contribution in [0.3, 0.4) is 0 Å². The van der Waals surface area contributed by atoms with Gasteiger partial charge < -0.3 is 9.47 Å². The number of hydrogen-bond acceptors (Lipinski definition) is 3. The molecule has 3 heteroatoms. The molecule has 0 radical (unpaired) electrons. The molecule has 4 rings (SSSR count). The van der Waals surface area contributed by atoms with Gasteiger partial charge in [-0.3, -0.25) is 4.90 Å². The Hall–Kier alpha value is -1.06. The Bertz CT molecular complexity index is 540. The van der Waals surface area contributed by atoms with Crippen LogP contribution in [0.5, 0.6) is 5.75 Å². The number of hydrogen-bond donors (Lipinski definition) is 0. The van der Waals surface area contributed by atoms with E-state index < -0.39 is 0 Å². The van der Waals surface area contributed by atoms with E-state index in [4.69, 9.17) is 9.47 Å². The Labute approximate surface area is 127 Å². The lowest BCUT2D eigenvalue weighted by atomic mass is 9.82. The summed E-state index contributed by atoms with van der Waals surface area (Å²) in [5, 5.41) is 0. The Balaban J connectivity index is 1.66. The van der Waals surface area contributed by atoms with E-state index in [9.17, 15) is 0 Å². The van der Waals surface area contributed by atoms with Crippen molar-refractivity contribution in [2.24, 2.45) is 5.92 Å². The van der Waals surface area contributed by atoms with Gasteiger partial charge in [0.2, 0.25) is 0 Å². The van der Waals surface area contributed by atoms with Crippen molar-refractivity contribution in [1.82, 2.24) is 4.90 Å². The van der Waals surface area contributed by atoms with Crippen molar-refractivity contribution in [3.8, 4) is 5.75 Å². The van der Waals surface area contributed by atoms with Gasteiger partial charge in [-0.1, -0.05) is 19.9 Å². The Kier molecular flexibility index (Phi) is 3.43. The Morgan fingerprint density at radius 2 is 2.10 bits per heavy atom. The van der Waals surface area contributed by atoms with Crippen LogP contribution in [-0.2, 0) is 17.6 Å². The van der Waals surface area contributed by atoms with Crippen LogP contribution in [0, 0.1) is 5.92 Å². The third-order valence-corrected chi connectivity index (χ3v) is 5.06. The highest BCUT2D eigenvalue weighted by molar-refractivity contribution is 5.47. The maximum Gasteiger partial charge on any atom is 0.123 e. The quantitative estimate of drug-likeness (QED) is 0.835. The van der Waals surface area contributed by atoms with Crippen molar-refractivity contribution in [2.45, 2.75) is 45.3 Å². The second-order valence-corrected chi connectivity index (χ2v) is 7.04. The predicted octanol–water partition coefficient (Wildman–Crippen LogP) is 2.97. The van der Waals surface area contributed by atoms with Crippen LogP contribution in [0.15, 0.2) is 12.1 Å². The number of benzene rings is 1. The largest absolute Gasteiger partial charge is 0.493 e. The molecule has 1 aromatic rings. The molecule has 0 spiro atoms. The second kappa shape index (κ2) is 5.29. The minimum absolute atomic E-state index is 0.246. The van der Waals surface area contributed by atoms with Gasteiger partial charge in [0.15, 0.2) is 0 Å². The molecule has 2 aliphatic heterocycles. The monoisotopic (exact) mass is 287 g/mol. The van der Waals surface area contributed by atoms with Gasteiger partial charge in [-0.05, 0) is 41.5 Å². The van der Waals surface area contributed by atoms with Gasteiger partial charge in [-0.25, -0.2) is 0 Å². The molecule has 3 aliphatic rings. The molecule has 0 bridgehead atoms. The van der Waals surface area contributed by atoms with Gasteiger partial charge in [-0.15, -0.1) is 0 Å². The molecular weight excluding hydrogens is 262 g/mol. The molecule has 0 N–H and O–H groups in total. The second-order valence-electron chi connectivity index (χ2n) is 7.04. The lowest BCUT2D eigenvalue weighted by molar-refractivity contribution is -0.0834. The summed E-state index contributed by atoms with van der Waals surface area (Å²) in [6, 6.07) is 5.19. The Morgan fingerprint density at radius 1 is 1.19 bits per heavy atom. The van der Waals surface area contributed by atoms with E-state index in [1.165, 1.54) is 36.1 Å². The number of aryl methyl sites for hydroxylation is 1. The van der Waals surface area contributed by atoms with Crippen LogP contribution in [0.4, 0.5) is 0 Å². The highest BCUT2D eigenvalue weighted by Crippen LogP contribution is 2.41. The first-order chi connectivity index (χ1) is 10.2. The van der Waals surface area contributed by atoms with Gasteiger partial charge in [0.1, 0.15) is 5.75 Å². The van der Waals surface area contributed by atoms with Crippen LogP contribution in [0.2, 0.25) is 0 Å². The summed E-state index contributed by atoms with van der Waals surface area (Å²) in [4.78, 5) is 2.65. The summed E-state index contributed by atoms with van der Waals surface area (Å²) < 4.78 is 11.9. The first-order valence-electron chi connectivity index (χ1n) is 8.36. The molecule has 2 heterocycles. The van der Waals surface area contributed by atoms with E-state index in [0.29, 0.717) is 12.0 Å². The summed E-state index contributed by atoms with van der Waals surface area (Å²) in [6.07, 6.45) is 3.72. The van der Waals surface area contributed by atoms with Crippen LogP contribution in [0.1, 0.15) is 43.1 Å².